The molecule has 0 spiro atoms. The number of hydrogen-bond acceptors (Lipinski definition) is 4. The topological polar surface area (TPSA) is 81.5 Å². The number of nitrogens with two attached hydrogens (primary N) is 1. The minimum absolute atomic E-state index is 0.0123. The second-order valence-corrected chi connectivity index (χ2v) is 5.04. The van der Waals surface area contributed by atoms with Crippen molar-refractivity contribution in [2.45, 2.75) is 44.6 Å². The highest BCUT2D eigenvalue weighted by Gasteiger charge is 2.26. The minimum Gasteiger partial charge on any atom is -0.387 e. The molecular formula is C14H19N3O2. The van der Waals surface area contributed by atoms with E-state index in [-0.39, 0.29) is 22.6 Å². The maximum atomic E-state index is 11.1. The Hall–Kier alpha value is -1.91. The van der Waals surface area contributed by atoms with Crippen molar-refractivity contribution in [2.24, 2.45) is 10.7 Å². The Morgan fingerprint density at radius 2 is 2.16 bits per heavy atom. The molecule has 0 saturated carbocycles. The number of amidine groups is 1. The zero-order valence-electron chi connectivity index (χ0n) is 11.1. The minimum atomic E-state index is -0.324. The van der Waals surface area contributed by atoms with Gasteiger partial charge in [-0.3, -0.25) is 15.1 Å². The first-order valence-electron chi connectivity index (χ1n) is 6.65. The van der Waals surface area contributed by atoms with Gasteiger partial charge in [0, 0.05) is 24.0 Å². The fraction of sp³-hybridized carbons (Fsp3) is 0.500. The number of rotatable bonds is 3. The van der Waals surface area contributed by atoms with Crippen molar-refractivity contribution in [2.75, 3.05) is 0 Å². The Bertz CT molecular complexity index is 499. The zero-order valence-corrected chi connectivity index (χ0v) is 11.1. The molecule has 1 aliphatic heterocycles. The van der Waals surface area contributed by atoms with Crippen molar-refractivity contribution in [1.29, 1.82) is 0 Å². The highest BCUT2D eigenvalue weighted by molar-refractivity contribution is 5.80. The van der Waals surface area contributed by atoms with Gasteiger partial charge in [-0.15, -0.1) is 0 Å². The normalized spacial score (nSPS) is 21.3. The number of hydrogen-bond donors (Lipinski definition) is 1. The van der Waals surface area contributed by atoms with E-state index < -0.39 is 0 Å². The molecule has 0 saturated heterocycles. The molecule has 2 atom stereocenters. The molecule has 0 amide bonds. The molecule has 0 fully saturated rings. The van der Waals surface area contributed by atoms with Crippen LogP contribution in [0.4, 0.5) is 5.69 Å². The molecule has 0 radical (unpaired) electrons. The van der Waals surface area contributed by atoms with Crippen LogP contribution in [0.3, 0.4) is 0 Å². The molecule has 102 valence electrons. The lowest BCUT2D eigenvalue weighted by Crippen LogP contribution is -2.19. The van der Waals surface area contributed by atoms with E-state index in [1.54, 1.807) is 12.1 Å². The van der Waals surface area contributed by atoms with Crippen LogP contribution in [0.25, 0.3) is 0 Å². The van der Waals surface area contributed by atoms with Crippen LogP contribution in [0.1, 0.15) is 44.1 Å². The number of benzene rings is 1. The van der Waals surface area contributed by atoms with E-state index >= 15 is 0 Å². The molecule has 0 aromatic heterocycles. The largest absolute Gasteiger partial charge is 0.387 e. The van der Waals surface area contributed by atoms with Crippen LogP contribution in [-0.2, 0) is 0 Å². The van der Waals surface area contributed by atoms with Gasteiger partial charge in [-0.2, -0.15) is 0 Å². The van der Waals surface area contributed by atoms with Crippen molar-refractivity contribution >= 4 is 11.5 Å². The van der Waals surface area contributed by atoms with E-state index in [1.165, 1.54) is 0 Å². The summed E-state index contributed by atoms with van der Waals surface area (Å²) in [5.41, 5.74) is 6.78. The van der Waals surface area contributed by atoms with Crippen LogP contribution >= 0.6 is 0 Å². The molecule has 2 N–H and O–H groups in total. The van der Waals surface area contributed by atoms with E-state index in [4.69, 9.17) is 5.73 Å². The first kappa shape index (κ1) is 13.5. The summed E-state index contributed by atoms with van der Waals surface area (Å²) in [6, 6.07) is 6.94. The van der Waals surface area contributed by atoms with Gasteiger partial charge >= 0.3 is 0 Å². The second kappa shape index (κ2) is 5.82. The van der Waals surface area contributed by atoms with Crippen LogP contribution in [0.5, 0.6) is 0 Å². The Labute approximate surface area is 112 Å². The van der Waals surface area contributed by atoms with Gasteiger partial charge in [-0.25, -0.2) is 0 Å². The monoisotopic (exact) mass is 261 g/mol. The van der Waals surface area contributed by atoms with Crippen LogP contribution in [-0.4, -0.2) is 16.8 Å². The Morgan fingerprint density at radius 1 is 1.42 bits per heavy atom. The van der Waals surface area contributed by atoms with Crippen molar-refractivity contribution in [3.8, 4) is 0 Å². The number of nitro groups is 1. The third kappa shape index (κ3) is 3.10. The fourth-order valence-corrected chi connectivity index (χ4v) is 2.61. The summed E-state index contributed by atoms with van der Waals surface area (Å²) >= 11 is 0. The maximum absolute atomic E-state index is 11.1. The van der Waals surface area contributed by atoms with Gasteiger partial charge in [0.05, 0.1) is 16.8 Å². The highest BCUT2D eigenvalue weighted by Crippen LogP contribution is 2.32. The SMILES string of the molecule is CC(c1ccccc1[N+](=O)[O-])C1CCCCC(N)=N1. The smallest absolute Gasteiger partial charge is 0.272 e. The molecule has 2 unspecified atom stereocenters. The van der Waals surface area contributed by atoms with E-state index in [2.05, 4.69) is 4.99 Å². The third-order valence-electron chi connectivity index (χ3n) is 3.72. The molecule has 2 rings (SSSR count). The molecule has 1 aromatic rings. The molecule has 1 aliphatic rings. The second-order valence-electron chi connectivity index (χ2n) is 5.04. The van der Waals surface area contributed by atoms with Gasteiger partial charge in [0.15, 0.2) is 0 Å². The molecule has 0 bridgehead atoms. The summed E-state index contributed by atoms with van der Waals surface area (Å²) in [5, 5.41) is 11.1. The lowest BCUT2D eigenvalue weighted by molar-refractivity contribution is -0.385. The van der Waals surface area contributed by atoms with Crippen LogP contribution in [0.15, 0.2) is 29.3 Å². The van der Waals surface area contributed by atoms with Gasteiger partial charge < -0.3 is 5.73 Å². The van der Waals surface area contributed by atoms with E-state index in [0.717, 1.165) is 31.2 Å². The number of para-hydroxylation sites is 1. The molecule has 1 aromatic carbocycles. The molecule has 0 aliphatic carbocycles. The summed E-state index contributed by atoms with van der Waals surface area (Å²) in [5.74, 6) is 0.686. The van der Waals surface area contributed by atoms with Crippen molar-refractivity contribution < 1.29 is 4.92 Å². The van der Waals surface area contributed by atoms with E-state index in [1.807, 2.05) is 19.1 Å². The molecule has 5 nitrogen and oxygen atoms in total. The number of nitro benzene ring substituents is 1. The average Bonchev–Trinajstić information content (AvgIpc) is 2.62. The van der Waals surface area contributed by atoms with E-state index in [9.17, 15) is 10.1 Å². The van der Waals surface area contributed by atoms with Crippen LogP contribution in [0, 0.1) is 10.1 Å². The van der Waals surface area contributed by atoms with Crippen LogP contribution in [0.2, 0.25) is 0 Å². The Morgan fingerprint density at radius 3 is 2.89 bits per heavy atom. The number of nitrogens with zero attached hydrogens (tertiary/aromatic N) is 2. The van der Waals surface area contributed by atoms with Crippen molar-refractivity contribution in [1.82, 2.24) is 0 Å². The summed E-state index contributed by atoms with van der Waals surface area (Å²) in [6.07, 6.45) is 3.89. The number of aliphatic imine (C=N–C) groups is 1. The quantitative estimate of drug-likeness (QED) is 0.670. The molecular weight excluding hydrogens is 242 g/mol. The average molecular weight is 261 g/mol. The molecule has 5 heteroatoms. The van der Waals surface area contributed by atoms with Gasteiger partial charge in [0.1, 0.15) is 0 Å². The summed E-state index contributed by atoms with van der Waals surface area (Å²) in [7, 11) is 0. The summed E-state index contributed by atoms with van der Waals surface area (Å²) in [4.78, 5) is 15.3. The van der Waals surface area contributed by atoms with Gasteiger partial charge in [-0.1, -0.05) is 31.5 Å². The third-order valence-corrected chi connectivity index (χ3v) is 3.72. The highest BCUT2D eigenvalue weighted by atomic mass is 16.6. The zero-order chi connectivity index (χ0) is 13.8. The predicted molar refractivity (Wildman–Crippen MR) is 75.4 cm³/mol. The van der Waals surface area contributed by atoms with Gasteiger partial charge in [0.25, 0.3) is 5.69 Å². The van der Waals surface area contributed by atoms with Crippen molar-refractivity contribution in [3.63, 3.8) is 0 Å². The lowest BCUT2D eigenvalue weighted by atomic mass is 9.89. The Balaban J connectivity index is 2.30. The summed E-state index contributed by atoms with van der Waals surface area (Å²) < 4.78 is 0. The van der Waals surface area contributed by atoms with Gasteiger partial charge in [0.2, 0.25) is 0 Å². The molecule has 19 heavy (non-hydrogen) atoms. The van der Waals surface area contributed by atoms with E-state index in [0.29, 0.717) is 5.84 Å². The maximum Gasteiger partial charge on any atom is 0.272 e. The lowest BCUT2D eigenvalue weighted by Gasteiger charge is -2.19. The van der Waals surface area contributed by atoms with Crippen molar-refractivity contribution in [3.05, 3.63) is 39.9 Å². The Kier molecular flexibility index (Phi) is 4.14. The first-order chi connectivity index (χ1) is 9.09. The molecule has 1 heterocycles. The van der Waals surface area contributed by atoms with Gasteiger partial charge in [-0.05, 0) is 12.8 Å². The standard InChI is InChI=1S/C14H19N3O2/c1-10(12-7-3-5-9-14(15)16-12)11-6-2-4-8-13(11)17(18)19/h2,4,6,8,10,12H,3,5,7,9H2,1H3,(H2,15,16). The summed E-state index contributed by atoms with van der Waals surface area (Å²) in [6.45, 7) is 2.00. The predicted octanol–water partition coefficient (Wildman–Crippen LogP) is 3.00. The fourth-order valence-electron chi connectivity index (χ4n) is 2.61. The first-order valence-corrected chi connectivity index (χ1v) is 6.65. The van der Waals surface area contributed by atoms with Crippen LogP contribution < -0.4 is 5.73 Å².